The van der Waals surface area contributed by atoms with Crippen molar-refractivity contribution in [2.45, 2.75) is 37.4 Å². The van der Waals surface area contributed by atoms with Crippen LogP contribution in [0.3, 0.4) is 0 Å². The zero-order valence-corrected chi connectivity index (χ0v) is 18.0. The average molecular weight is 480 g/mol. The minimum Gasteiger partial charge on any atom is -0.465 e. The lowest BCUT2D eigenvalue weighted by Gasteiger charge is -2.43. The maximum Gasteiger partial charge on any atom is 0.323 e. The van der Waals surface area contributed by atoms with Gasteiger partial charge in [-0.2, -0.15) is 8.42 Å². The summed E-state index contributed by atoms with van der Waals surface area (Å²) in [6, 6.07) is 5.35. The fourth-order valence-corrected chi connectivity index (χ4v) is 5.58. The van der Waals surface area contributed by atoms with Crippen molar-refractivity contribution in [1.29, 1.82) is 0 Å². The Balaban J connectivity index is 2.37. The van der Waals surface area contributed by atoms with E-state index >= 15 is 0 Å². The summed E-state index contributed by atoms with van der Waals surface area (Å²) in [4.78, 5) is 13.2. The van der Waals surface area contributed by atoms with E-state index in [9.17, 15) is 18.3 Å². The molecule has 0 fully saturated rings. The number of hydrogen-bond acceptors (Lipinski definition) is 6. The standard InChI is InChI=1S/C18H20BrClO6S/c1-3-25-17(22)18-9-14(20)15(21)11(16(18)26-27(2,23)24)8-7-10-12(18)5-4-6-13(10)19/h4-6,9,11,15-16,21H,3,7-8H2,1-2H3/t11-,15-,16-,18+/m0/s1. The highest BCUT2D eigenvalue weighted by molar-refractivity contribution is 9.10. The predicted octanol–water partition coefficient (Wildman–Crippen LogP) is 2.65. The number of esters is 1. The molecule has 1 aromatic carbocycles. The fourth-order valence-electron chi connectivity index (χ4n) is 4.02. The zero-order valence-electron chi connectivity index (χ0n) is 14.8. The van der Waals surface area contributed by atoms with Gasteiger partial charge in [-0.1, -0.05) is 39.7 Å². The lowest BCUT2D eigenvalue weighted by molar-refractivity contribution is -0.154. The molecular weight excluding hydrogens is 460 g/mol. The number of rotatable bonds is 4. The maximum atomic E-state index is 13.2. The van der Waals surface area contributed by atoms with E-state index in [1.54, 1.807) is 19.1 Å². The van der Waals surface area contributed by atoms with Crippen LogP contribution in [0.5, 0.6) is 0 Å². The van der Waals surface area contributed by atoms with Crippen molar-refractivity contribution in [2.75, 3.05) is 12.9 Å². The van der Waals surface area contributed by atoms with E-state index < -0.39 is 39.6 Å². The van der Waals surface area contributed by atoms with Gasteiger partial charge in [-0.15, -0.1) is 0 Å². The molecule has 148 valence electrons. The summed E-state index contributed by atoms with van der Waals surface area (Å²) in [5.41, 5.74) is -0.170. The van der Waals surface area contributed by atoms with Gasteiger partial charge in [-0.3, -0.25) is 8.98 Å². The number of fused-ring (bicyclic) bond motifs is 4. The summed E-state index contributed by atoms with van der Waals surface area (Å²) in [7, 11) is -3.93. The zero-order chi connectivity index (χ0) is 20.0. The fraction of sp³-hybridized carbons (Fsp3) is 0.500. The topological polar surface area (TPSA) is 89.9 Å². The van der Waals surface area contributed by atoms with Gasteiger partial charge >= 0.3 is 5.97 Å². The average Bonchev–Trinajstić information content (AvgIpc) is 2.67. The summed E-state index contributed by atoms with van der Waals surface area (Å²) in [5, 5.41) is 10.7. The van der Waals surface area contributed by atoms with E-state index in [1.165, 1.54) is 6.08 Å². The smallest absolute Gasteiger partial charge is 0.323 e. The SMILES string of the molecule is CCOC(=O)[C@]12C=C(Cl)[C@@H](O)[C@H](CCc3c(Br)cccc31)[C@@H]2OS(C)(=O)=O. The predicted molar refractivity (Wildman–Crippen MR) is 104 cm³/mol. The molecule has 0 saturated carbocycles. The van der Waals surface area contributed by atoms with Crippen LogP contribution in [0.15, 0.2) is 33.8 Å². The molecule has 0 spiro atoms. The molecule has 0 amide bonds. The van der Waals surface area contributed by atoms with Gasteiger partial charge in [-0.25, -0.2) is 0 Å². The Hall–Kier alpha value is -0.930. The van der Waals surface area contributed by atoms with E-state index in [1.807, 2.05) is 6.07 Å². The number of hydrogen-bond donors (Lipinski definition) is 1. The number of halogens is 2. The van der Waals surface area contributed by atoms with Crippen molar-refractivity contribution in [2.24, 2.45) is 5.92 Å². The molecular formula is C18H20BrClO6S. The van der Waals surface area contributed by atoms with E-state index in [-0.39, 0.29) is 11.6 Å². The summed E-state index contributed by atoms with van der Waals surface area (Å²) >= 11 is 9.82. The number of ether oxygens (including phenoxy) is 1. The molecule has 2 aliphatic rings. The van der Waals surface area contributed by atoms with Gasteiger partial charge in [0.15, 0.2) is 0 Å². The van der Waals surface area contributed by atoms with Crippen molar-refractivity contribution in [3.05, 3.63) is 44.9 Å². The first-order valence-electron chi connectivity index (χ1n) is 8.51. The van der Waals surface area contributed by atoms with Crippen LogP contribution in [0.25, 0.3) is 0 Å². The molecule has 0 saturated heterocycles. The quantitative estimate of drug-likeness (QED) is 0.527. The van der Waals surface area contributed by atoms with Crippen LogP contribution in [0.1, 0.15) is 24.5 Å². The highest BCUT2D eigenvalue weighted by atomic mass is 79.9. The molecule has 2 bridgehead atoms. The first-order chi connectivity index (χ1) is 12.6. The van der Waals surface area contributed by atoms with Crippen LogP contribution < -0.4 is 0 Å². The number of carbonyl (C=O) groups excluding carboxylic acids is 1. The molecule has 6 nitrogen and oxygen atoms in total. The first kappa shape index (κ1) is 20.8. The van der Waals surface area contributed by atoms with Crippen molar-refractivity contribution < 1.29 is 27.2 Å². The number of aliphatic hydroxyl groups excluding tert-OH is 1. The second kappa shape index (κ2) is 7.48. The highest BCUT2D eigenvalue weighted by Gasteiger charge is 2.59. The van der Waals surface area contributed by atoms with E-state index in [4.69, 9.17) is 20.5 Å². The van der Waals surface area contributed by atoms with Crippen LogP contribution in [0, 0.1) is 5.92 Å². The van der Waals surface area contributed by atoms with E-state index in [0.717, 1.165) is 16.3 Å². The molecule has 2 aliphatic carbocycles. The second-order valence-electron chi connectivity index (χ2n) is 6.75. The van der Waals surface area contributed by atoms with E-state index in [2.05, 4.69) is 15.9 Å². The Morgan fingerprint density at radius 1 is 1.44 bits per heavy atom. The van der Waals surface area contributed by atoms with Crippen LogP contribution >= 0.6 is 27.5 Å². The molecule has 1 N–H and O–H groups in total. The maximum absolute atomic E-state index is 13.2. The van der Waals surface area contributed by atoms with Gasteiger partial charge in [0.25, 0.3) is 10.1 Å². The highest BCUT2D eigenvalue weighted by Crippen LogP contribution is 2.50. The molecule has 0 heterocycles. The molecule has 0 aliphatic heterocycles. The normalized spacial score (nSPS) is 30.1. The van der Waals surface area contributed by atoms with Gasteiger partial charge in [0, 0.05) is 15.4 Å². The number of aliphatic hydroxyl groups is 1. The Morgan fingerprint density at radius 3 is 2.78 bits per heavy atom. The van der Waals surface area contributed by atoms with E-state index in [0.29, 0.717) is 18.4 Å². The third-order valence-electron chi connectivity index (χ3n) is 5.08. The Labute approximate surface area is 171 Å². The minimum atomic E-state index is -3.93. The molecule has 0 radical (unpaired) electrons. The van der Waals surface area contributed by atoms with Crippen molar-refractivity contribution in [3.63, 3.8) is 0 Å². The van der Waals surface area contributed by atoms with Crippen LogP contribution in [0.4, 0.5) is 0 Å². The van der Waals surface area contributed by atoms with Crippen LogP contribution in [0.2, 0.25) is 0 Å². The third kappa shape index (κ3) is 3.58. The Bertz CT molecular complexity index is 899. The molecule has 9 heteroatoms. The molecule has 0 aromatic heterocycles. The van der Waals surface area contributed by atoms with Crippen molar-refractivity contribution >= 4 is 43.6 Å². The Morgan fingerprint density at radius 2 is 2.15 bits per heavy atom. The van der Waals surface area contributed by atoms with Gasteiger partial charge in [0.1, 0.15) is 11.5 Å². The first-order valence-corrected chi connectivity index (χ1v) is 11.5. The van der Waals surface area contributed by atoms with Gasteiger partial charge in [0.05, 0.1) is 19.0 Å². The van der Waals surface area contributed by atoms with Crippen LogP contribution in [-0.2, 0) is 35.7 Å². The number of benzene rings is 1. The molecule has 3 rings (SSSR count). The molecule has 4 atom stereocenters. The Kier molecular flexibility index (Phi) is 5.76. The van der Waals surface area contributed by atoms with Gasteiger partial charge < -0.3 is 9.84 Å². The number of carbonyl (C=O) groups is 1. The van der Waals surface area contributed by atoms with Crippen LogP contribution in [-0.4, -0.2) is 44.6 Å². The monoisotopic (exact) mass is 478 g/mol. The summed E-state index contributed by atoms with van der Waals surface area (Å²) in [6.45, 7) is 1.77. The summed E-state index contributed by atoms with van der Waals surface area (Å²) < 4.78 is 35.5. The third-order valence-corrected chi connectivity index (χ3v) is 6.71. The molecule has 1 aromatic rings. The second-order valence-corrected chi connectivity index (χ2v) is 9.64. The van der Waals surface area contributed by atoms with Gasteiger partial charge in [-0.05, 0) is 43.0 Å². The van der Waals surface area contributed by atoms with Crippen molar-refractivity contribution in [3.8, 4) is 0 Å². The van der Waals surface area contributed by atoms with Crippen molar-refractivity contribution in [1.82, 2.24) is 0 Å². The lowest BCUT2D eigenvalue weighted by Crippen LogP contribution is -2.56. The largest absolute Gasteiger partial charge is 0.465 e. The molecule has 0 unspecified atom stereocenters. The van der Waals surface area contributed by atoms with Gasteiger partial charge in [0.2, 0.25) is 0 Å². The molecule has 27 heavy (non-hydrogen) atoms. The minimum absolute atomic E-state index is 0.0780. The lowest BCUT2D eigenvalue weighted by atomic mass is 9.67. The summed E-state index contributed by atoms with van der Waals surface area (Å²) in [5.74, 6) is -1.35. The summed E-state index contributed by atoms with van der Waals surface area (Å²) in [6.07, 6.45) is 0.920.